The highest BCUT2D eigenvalue weighted by atomic mass is 16.6. The molecule has 2 aliphatic heterocycles. The normalized spacial score (nSPS) is 24.8. The van der Waals surface area contributed by atoms with Crippen LogP contribution in [0.25, 0.3) is 5.57 Å². The number of allylic oxidation sites excluding steroid dienone is 2. The molecule has 0 amide bonds. The lowest BCUT2D eigenvalue weighted by atomic mass is 9.82. The van der Waals surface area contributed by atoms with Gasteiger partial charge in [0.15, 0.2) is 0 Å². The van der Waals surface area contributed by atoms with Crippen molar-refractivity contribution in [3.8, 4) is 11.5 Å². The van der Waals surface area contributed by atoms with E-state index in [4.69, 9.17) is 18.9 Å². The Balaban J connectivity index is 1.21. The van der Waals surface area contributed by atoms with Crippen LogP contribution in [0, 0.1) is 0 Å². The van der Waals surface area contributed by atoms with E-state index in [-0.39, 0.29) is 0 Å². The highest BCUT2D eigenvalue weighted by Gasteiger charge is 2.24. The van der Waals surface area contributed by atoms with Crippen LogP contribution >= 0.6 is 0 Å². The van der Waals surface area contributed by atoms with E-state index in [1.165, 1.54) is 28.7 Å². The summed E-state index contributed by atoms with van der Waals surface area (Å²) in [5.41, 5.74) is 5.48. The van der Waals surface area contributed by atoms with Crippen LogP contribution in [0.3, 0.4) is 0 Å². The van der Waals surface area contributed by atoms with Crippen LogP contribution in [0.1, 0.15) is 48.8 Å². The van der Waals surface area contributed by atoms with Gasteiger partial charge < -0.3 is 18.9 Å². The molecule has 1 aliphatic carbocycles. The maximum atomic E-state index is 5.95. The fourth-order valence-corrected chi connectivity index (χ4v) is 4.13. The molecule has 0 bridgehead atoms. The Morgan fingerprint density at radius 1 is 0.933 bits per heavy atom. The zero-order valence-electron chi connectivity index (χ0n) is 17.6. The van der Waals surface area contributed by atoms with Crippen molar-refractivity contribution < 1.29 is 18.9 Å². The molecule has 0 radical (unpaired) electrons. The van der Waals surface area contributed by atoms with Gasteiger partial charge in [0, 0.05) is 0 Å². The van der Waals surface area contributed by atoms with Crippen LogP contribution in [0.2, 0.25) is 0 Å². The van der Waals surface area contributed by atoms with E-state index in [0.29, 0.717) is 31.3 Å². The molecule has 3 unspecified atom stereocenters. The first kappa shape index (κ1) is 19.7. The van der Waals surface area contributed by atoms with Gasteiger partial charge in [-0.25, -0.2) is 0 Å². The molecule has 158 valence electrons. The Morgan fingerprint density at radius 3 is 2.30 bits per heavy atom. The highest BCUT2D eigenvalue weighted by molar-refractivity contribution is 5.68. The second kappa shape index (κ2) is 8.83. The molecule has 0 N–H and O–H groups in total. The predicted octanol–water partition coefficient (Wildman–Crippen LogP) is 5.16. The van der Waals surface area contributed by atoms with Gasteiger partial charge in [-0.15, -0.1) is 0 Å². The van der Waals surface area contributed by atoms with Crippen molar-refractivity contribution in [2.24, 2.45) is 0 Å². The summed E-state index contributed by atoms with van der Waals surface area (Å²) in [6.07, 6.45) is 7.38. The summed E-state index contributed by atoms with van der Waals surface area (Å²) in [7, 11) is 0. The maximum Gasteiger partial charge on any atom is 0.122 e. The summed E-state index contributed by atoms with van der Waals surface area (Å²) in [5, 5.41) is 0. The van der Waals surface area contributed by atoms with Crippen molar-refractivity contribution >= 4 is 5.57 Å². The molecule has 2 aromatic rings. The smallest absolute Gasteiger partial charge is 0.122 e. The van der Waals surface area contributed by atoms with E-state index >= 15 is 0 Å². The molecule has 4 heteroatoms. The second-order valence-corrected chi connectivity index (χ2v) is 8.48. The number of epoxide rings is 2. The van der Waals surface area contributed by atoms with Crippen LogP contribution in [-0.4, -0.2) is 38.6 Å². The first-order chi connectivity index (χ1) is 14.8. The third-order valence-corrected chi connectivity index (χ3v) is 6.24. The first-order valence-corrected chi connectivity index (χ1v) is 11.2. The van der Waals surface area contributed by atoms with Crippen LogP contribution in [0.5, 0.6) is 11.5 Å². The van der Waals surface area contributed by atoms with Crippen molar-refractivity contribution in [3.05, 3.63) is 65.2 Å². The van der Waals surface area contributed by atoms with E-state index in [2.05, 4.69) is 55.5 Å². The quantitative estimate of drug-likeness (QED) is 0.540. The molecule has 2 aromatic carbocycles. The molecule has 2 fully saturated rings. The van der Waals surface area contributed by atoms with Gasteiger partial charge >= 0.3 is 0 Å². The summed E-state index contributed by atoms with van der Waals surface area (Å²) in [4.78, 5) is 0. The van der Waals surface area contributed by atoms with Crippen molar-refractivity contribution in [2.45, 2.75) is 50.7 Å². The molecular weight excluding hydrogens is 376 g/mol. The summed E-state index contributed by atoms with van der Waals surface area (Å²) in [6.45, 7) is 5.18. The van der Waals surface area contributed by atoms with Crippen molar-refractivity contribution in [2.75, 3.05) is 26.4 Å². The number of hydrogen-bond acceptors (Lipinski definition) is 4. The summed E-state index contributed by atoms with van der Waals surface area (Å²) < 4.78 is 22.2. The van der Waals surface area contributed by atoms with Crippen LogP contribution in [0.15, 0.2) is 48.5 Å². The number of rotatable bonds is 9. The predicted molar refractivity (Wildman–Crippen MR) is 117 cm³/mol. The van der Waals surface area contributed by atoms with E-state index < -0.39 is 0 Å². The molecule has 0 aromatic heterocycles. The van der Waals surface area contributed by atoms with Crippen LogP contribution in [-0.2, 0) is 15.9 Å². The van der Waals surface area contributed by atoms with Gasteiger partial charge in [-0.1, -0.05) is 31.2 Å². The monoisotopic (exact) mass is 406 g/mol. The Labute approximate surface area is 178 Å². The van der Waals surface area contributed by atoms with Gasteiger partial charge in [-0.2, -0.15) is 0 Å². The lowest BCUT2D eigenvalue weighted by Gasteiger charge is -2.23. The number of aryl methyl sites for hydroxylation is 1. The standard InChI is InChI=1S/C26H30O4/c1-2-18-13-22(9-12-26(18)30-17-25-16-29-25)21-5-3-19(4-6-21)20-7-10-23(11-8-20)27-14-24-15-28-24/h5,7-13,19,24-25H,2-4,6,14-17H2,1H3. The van der Waals surface area contributed by atoms with Crippen molar-refractivity contribution in [3.63, 3.8) is 0 Å². The Kier molecular flexibility index (Phi) is 5.78. The summed E-state index contributed by atoms with van der Waals surface area (Å²) in [5.74, 6) is 2.52. The van der Waals surface area contributed by atoms with Gasteiger partial charge in [0.2, 0.25) is 0 Å². The molecule has 3 atom stereocenters. The molecule has 0 saturated carbocycles. The van der Waals surface area contributed by atoms with E-state index in [1.807, 2.05) is 0 Å². The van der Waals surface area contributed by atoms with Crippen molar-refractivity contribution in [1.29, 1.82) is 0 Å². The van der Waals surface area contributed by atoms with Gasteiger partial charge in [0.1, 0.15) is 36.9 Å². The van der Waals surface area contributed by atoms with E-state index in [1.54, 1.807) is 0 Å². The van der Waals surface area contributed by atoms with Crippen molar-refractivity contribution in [1.82, 2.24) is 0 Å². The first-order valence-electron chi connectivity index (χ1n) is 11.2. The third kappa shape index (κ3) is 4.88. The highest BCUT2D eigenvalue weighted by Crippen LogP contribution is 2.37. The number of hydrogen-bond donors (Lipinski definition) is 0. The van der Waals surface area contributed by atoms with Gasteiger partial charge in [-0.3, -0.25) is 0 Å². The molecule has 30 heavy (non-hydrogen) atoms. The molecule has 3 aliphatic rings. The summed E-state index contributed by atoms with van der Waals surface area (Å²) in [6, 6.07) is 15.3. The number of ether oxygens (including phenoxy) is 4. The van der Waals surface area contributed by atoms with Gasteiger partial charge in [0.05, 0.1) is 13.2 Å². The van der Waals surface area contributed by atoms with Gasteiger partial charge in [-0.05, 0) is 78.1 Å². The van der Waals surface area contributed by atoms with E-state index in [9.17, 15) is 0 Å². The zero-order valence-corrected chi connectivity index (χ0v) is 17.6. The minimum absolute atomic E-state index is 0.292. The van der Waals surface area contributed by atoms with Crippen LogP contribution < -0.4 is 9.47 Å². The molecule has 2 saturated heterocycles. The van der Waals surface area contributed by atoms with E-state index in [0.717, 1.165) is 44.0 Å². The molecular formula is C26H30O4. The third-order valence-electron chi connectivity index (χ3n) is 6.24. The fourth-order valence-electron chi connectivity index (χ4n) is 4.13. The zero-order chi connectivity index (χ0) is 20.3. The average Bonchev–Trinajstić information content (AvgIpc) is 3.72. The number of benzene rings is 2. The largest absolute Gasteiger partial charge is 0.491 e. The molecule has 5 rings (SSSR count). The Bertz CT molecular complexity index is 894. The van der Waals surface area contributed by atoms with Crippen LogP contribution in [0.4, 0.5) is 0 Å². The molecule has 0 spiro atoms. The second-order valence-electron chi connectivity index (χ2n) is 8.48. The SMILES string of the molecule is CCc1cc(C2=CCC(c3ccc(OCC4CO4)cc3)CC2)ccc1OCC1CO1. The van der Waals surface area contributed by atoms with Gasteiger partial charge in [0.25, 0.3) is 0 Å². The Hall–Kier alpha value is -2.30. The molecule has 2 heterocycles. The minimum atomic E-state index is 0.292. The Morgan fingerprint density at radius 2 is 1.67 bits per heavy atom. The topological polar surface area (TPSA) is 43.5 Å². The lowest BCUT2D eigenvalue weighted by molar-refractivity contribution is 0.261. The molecule has 4 nitrogen and oxygen atoms in total. The lowest BCUT2D eigenvalue weighted by Crippen LogP contribution is -2.07. The average molecular weight is 407 g/mol. The summed E-state index contributed by atoms with van der Waals surface area (Å²) >= 11 is 0. The fraction of sp³-hybridized carbons (Fsp3) is 0.462. The minimum Gasteiger partial charge on any atom is -0.491 e. The maximum absolute atomic E-state index is 5.95.